The van der Waals surface area contributed by atoms with Crippen molar-refractivity contribution in [2.24, 2.45) is 0 Å². The molecule has 1 fully saturated rings. The monoisotopic (exact) mass is 464 g/mol. The lowest BCUT2D eigenvalue weighted by Gasteiger charge is -2.32. The summed E-state index contributed by atoms with van der Waals surface area (Å²) in [6.07, 6.45) is 0. The Morgan fingerprint density at radius 3 is 2.39 bits per heavy atom. The lowest BCUT2D eigenvalue weighted by atomic mass is 10.0. The number of ether oxygens (including phenoxy) is 1. The minimum Gasteiger partial charge on any atom is -1.00 e. The number of carbonyl (C=O) groups excluding carboxylic acids is 1. The van der Waals surface area contributed by atoms with Crippen LogP contribution in [0.5, 0.6) is 5.75 Å². The number of fused-ring (bicyclic) bond motifs is 1. The summed E-state index contributed by atoms with van der Waals surface area (Å²) in [5.41, 5.74) is 2.47. The van der Waals surface area contributed by atoms with Crippen LogP contribution in [0.3, 0.4) is 0 Å². The maximum absolute atomic E-state index is 12.9. The van der Waals surface area contributed by atoms with Crippen LogP contribution in [0.4, 0.5) is 0 Å². The van der Waals surface area contributed by atoms with E-state index in [1.165, 1.54) is 0 Å². The van der Waals surface area contributed by atoms with E-state index in [1.807, 2.05) is 30.3 Å². The molecule has 4 rings (SSSR count). The molecule has 8 heteroatoms. The first kappa shape index (κ1) is 25.0. The van der Waals surface area contributed by atoms with E-state index in [9.17, 15) is 9.90 Å². The number of carbonyl (C=O) groups is 1. The van der Waals surface area contributed by atoms with Gasteiger partial charge in [-0.3, -0.25) is 4.90 Å². The van der Waals surface area contributed by atoms with Gasteiger partial charge in [-0.25, -0.2) is 4.79 Å². The van der Waals surface area contributed by atoms with Crippen LogP contribution in [-0.4, -0.2) is 60.7 Å². The highest BCUT2D eigenvalue weighted by atomic mass is 35.5. The SMILES string of the molecule is CCOC(=O)c1c(-c2ccccc2)oc2ccc(O)c(CN3CCN(C)CC3)c12.[Cl-].[Cl-]. The largest absolute Gasteiger partial charge is 1.00 e. The van der Waals surface area contributed by atoms with Crippen molar-refractivity contribution in [3.8, 4) is 17.1 Å². The molecule has 1 saturated heterocycles. The van der Waals surface area contributed by atoms with Gasteiger partial charge in [0.05, 0.1) is 6.61 Å². The van der Waals surface area contributed by atoms with E-state index < -0.39 is 5.97 Å². The molecule has 6 nitrogen and oxygen atoms in total. The fraction of sp³-hybridized carbons (Fsp3) is 0.348. The maximum Gasteiger partial charge on any atom is 0.342 e. The van der Waals surface area contributed by atoms with Crippen molar-refractivity contribution in [2.75, 3.05) is 39.8 Å². The molecule has 2 heterocycles. The number of furan rings is 1. The quantitative estimate of drug-likeness (QED) is 0.430. The Hall–Kier alpha value is -2.25. The predicted molar refractivity (Wildman–Crippen MR) is 112 cm³/mol. The fourth-order valence-electron chi connectivity index (χ4n) is 3.83. The third-order valence-electron chi connectivity index (χ3n) is 5.43. The van der Waals surface area contributed by atoms with Crippen LogP contribution >= 0.6 is 0 Å². The van der Waals surface area contributed by atoms with Gasteiger partial charge in [-0.2, -0.15) is 0 Å². The molecule has 0 aliphatic carbocycles. The number of likely N-dealkylation sites (N-methyl/N-ethyl adjacent to an activating group) is 1. The third-order valence-corrected chi connectivity index (χ3v) is 5.43. The maximum atomic E-state index is 12.9. The lowest BCUT2D eigenvalue weighted by Crippen LogP contribution is -3.00. The highest BCUT2D eigenvalue weighted by molar-refractivity contribution is 6.10. The van der Waals surface area contributed by atoms with Gasteiger partial charge in [0.2, 0.25) is 0 Å². The Kier molecular flexibility index (Phi) is 8.77. The first-order valence-electron chi connectivity index (χ1n) is 9.99. The molecule has 31 heavy (non-hydrogen) atoms. The Labute approximate surface area is 194 Å². The summed E-state index contributed by atoms with van der Waals surface area (Å²) >= 11 is 0. The Balaban J connectivity index is 0.00000171. The molecule has 1 aromatic heterocycles. The van der Waals surface area contributed by atoms with Crippen LogP contribution in [0.2, 0.25) is 0 Å². The Bertz CT molecular complexity index is 1020. The number of benzene rings is 2. The predicted octanol–water partition coefficient (Wildman–Crippen LogP) is -2.26. The second-order valence-corrected chi connectivity index (χ2v) is 7.41. The molecule has 0 bridgehead atoms. The standard InChI is InChI=1S/C23H26N2O4.2ClH/c1-3-28-23(27)21-20-17(15-25-13-11-24(2)12-14-25)18(26)9-10-19(20)29-22(21)16-7-5-4-6-8-16;;/h4-10,26H,3,11-15H2,1-2H3;2*1H/p-2. The first-order valence-corrected chi connectivity index (χ1v) is 9.99. The molecule has 168 valence electrons. The number of nitrogens with zero attached hydrogens (tertiary/aromatic N) is 2. The van der Waals surface area contributed by atoms with Crippen LogP contribution in [0.15, 0.2) is 46.9 Å². The van der Waals surface area contributed by atoms with Gasteiger partial charge in [-0.15, -0.1) is 0 Å². The minimum absolute atomic E-state index is 0. The number of phenolic OH excluding ortho intramolecular Hbond substituents is 1. The molecule has 1 N–H and O–H groups in total. The van der Waals surface area contributed by atoms with Crippen molar-refractivity contribution in [1.82, 2.24) is 9.80 Å². The summed E-state index contributed by atoms with van der Waals surface area (Å²) in [5, 5.41) is 11.3. The summed E-state index contributed by atoms with van der Waals surface area (Å²) in [5.74, 6) is 0.210. The third kappa shape index (κ3) is 5.15. The summed E-state index contributed by atoms with van der Waals surface area (Å²) in [4.78, 5) is 17.5. The smallest absolute Gasteiger partial charge is 0.342 e. The molecule has 0 saturated carbocycles. The van der Waals surface area contributed by atoms with Gasteiger partial charge in [-0.1, -0.05) is 30.3 Å². The van der Waals surface area contributed by atoms with Crippen molar-refractivity contribution in [1.29, 1.82) is 0 Å². The lowest BCUT2D eigenvalue weighted by molar-refractivity contribution is -0.00100. The van der Waals surface area contributed by atoms with Gasteiger partial charge in [0.25, 0.3) is 0 Å². The number of rotatable bonds is 5. The molecule has 0 spiro atoms. The number of hydrogen-bond donors (Lipinski definition) is 1. The number of halogens is 2. The number of piperazine rings is 1. The van der Waals surface area contributed by atoms with Crippen molar-refractivity contribution in [2.45, 2.75) is 13.5 Å². The van der Waals surface area contributed by atoms with E-state index in [1.54, 1.807) is 19.1 Å². The molecular formula is C23H26Cl2N2O4-2. The number of esters is 1. The number of hydrogen-bond acceptors (Lipinski definition) is 6. The average Bonchev–Trinajstić information content (AvgIpc) is 3.12. The van der Waals surface area contributed by atoms with E-state index >= 15 is 0 Å². The molecule has 0 amide bonds. The molecule has 3 aromatic rings. The molecule has 1 aliphatic rings. The minimum atomic E-state index is -0.435. The summed E-state index contributed by atoms with van der Waals surface area (Å²) < 4.78 is 11.5. The van der Waals surface area contributed by atoms with Crippen molar-refractivity contribution >= 4 is 16.9 Å². The van der Waals surface area contributed by atoms with Crippen LogP contribution in [0.1, 0.15) is 22.8 Å². The van der Waals surface area contributed by atoms with Crippen LogP contribution < -0.4 is 24.8 Å². The zero-order valence-electron chi connectivity index (χ0n) is 17.6. The summed E-state index contributed by atoms with van der Waals surface area (Å²) in [7, 11) is 2.11. The highest BCUT2D eigenvalue weighted by Crippen LogP contribution is 2.39. The van der Waals surface area contributed by atoms with Crippen LogP contribution in [-0.2, 0) is 11.3 Å². The van der Waals surface area contributed by atoms with Gasteiger partial charge in [-0.05, 0) is 26.1 Å². The van der Waals surface area contributed by atoms with Crippen molar-refractivity contribution < 1.29 is 43.9 Å². The Morgan fingerprint density at radius 1 is 1.06 bits per heavy atom. The van der Waals surface area contributed by atoms with E-state index in [2.05, 4.69) is 16.8 Å². The highest BCUT2D eigenvalue weighted by Gasteiger charge is 2.27. The van der Waals surface area contributed by atoms with Crippen molar-refractivity contribution in [3.63, 3.8) is 0 Å². The van der Waals surface area contributed by atoms with Gasteiger partial charge in [0, 0.05) is 49.2 Å². The molecule has 2 aromatic carbocycles. The van der Waals surface area contributed by atoms with Gasteiger partial charge in [0.15, 0.2) is 0 Å². The van der Waals surface area contributed by atoms with Gasteiger partial charge in [0.1, 0.15) is 22.7 Å². The number of phenols is 1. The van der Waals surface area contributed by atoms with Gasteiger partial charge >= 0.3 is 5.97 Å². The average molecular weight is 465 g/mol. The van der Waals surface area contributed by atoms with E-state index in [-0.39, 0.29) is 37.2 Å². The van der Waals surface area contributed by atoms with E-state index in [4.69, 9.17) is 9.15 Å². The van der Waals surface area contributed by atoms with Crippen LogP contribution in [0, 0.1) is 0 Å². The fourth-order valence-corrected chi connectivity index (χ4v) is 3.83. The Morgan fingerprint density at radius 2 is 1.74 bits per heavy atom. The van der Waals surface area contributed by atoms with Gasteiger partial charge < -0.3 is 44.0 Å². The van der Waals surface area contributed by atoms with E-state index in [0.29, 0.717) is 34.4 Å². The zero-order chi connectivity index (χ0) is 20.4. The molecular weight excluding hydrogens is 439 g/mol. The second-order valence-electron chi connectivity index (χ2n) is 7.41. The van der Waals surface area contributed by atoms with Crippen LogP contribution in [0.25, 0.3) is 22.3 Å². The summed E-state index contributed by atoms with van der Waals surface area (Å²) in [6, 6.07) is 12.9. The van der Waals surface area contributed by atoms with E-state index in [0.717, 1.165) is 31.7 Å². The van der Waals surface area contributed by atoms with Crippen molar-refractivity contribution in [3.05, 3.63) is 53.6 Å². The zero-order valence-corrected chi connectivity index (χ0v) is 19.1. The number of aromatic hydroxyl groups is 1. The molecule has 0 unspecified atom stereocenters. The first-order chi connectivity index (χ1) is 14.1. The summed E-state index contributed by atoms with van der Waals surface area (Å²) in [6.45, 7) is 6.37. The topological polar surface area (TPSA) is 66.2 Å². The normalized spacial score (nSPS) is 14.6. The molecule has 1 aliphatic heterocycles. The molecule has 0 atom stereocenters. The second kappa shape index (κ2) is 10.9. The molecule has 0 radical (unpaired) electrons.